The van der Waals surface area contributed by atoms with E-state index in [0.717, 1.165) is 11.1 Å². The van der Waals surface area contributed by atoms with Gasteiger partial charge in [0.2, 0.25) is 5.91 Å². The summed E-state index contributed by atoms with van der Waals surface area (Å²) in [6, 6.07) is 11.4. The van der Waals surface area contributed by atoms with Gasteiger partial charge in [0, 0.05) is 43.5 Å². The Labute approximate surface area is 129 Å². The molecular formula is C16H18ClN3O. The molecule has 0 aliphatic heterocycles. The lowest BCUT2D eigenvalue weighted by atomic mass is 10.2. The van der Waals surface area contributed by atoms with Crippen LogP contribution >= 0.6 is 11.6 Å². The maximum Gasteiger partial charge on any atom is 0.221 e. The molecule has 2 N–H and O–H groups in total. The van der Waals surface area contributed by atoms with Crippen molar-refractivity contribution in [3.05, 3.63) is 64.9 Å². The zero-order chi connectivity index (χ0) is 14.9. The lowest BCUT2D eigenvalue weighted by Crippen LogP contribution is -2.27. The zero-order valence-electron chi connectivity index (χ0n) is 11.7. The molecule has 5 heteroatoms. The van der Waals surface area contributed by atoms with Crippen molar-refractivity contribution in [3.63, 3.8) is 0 Å². The van der Waals surface area contributed by atoms with Crippen LogP contribution in [0.4, 0.5) is 0 Å². The second-order valence-electron chi connectivity index (χ2n) is 4.66. The number of nitrogens with one attached hydrogen (secondary N) is 2. The van der Waals surface area contributed by atoms with E-state index in [1.54, 1.807) is 6.20 Å². The van der Waals surface area contributed by atoms with E-state index in [0.29, 0.717) is 31.1 Å². The number of pyridine rings is 1. The van der Waals surface area contributed by atoms with Gasteiger partial charge in [-0.3, -0.25) is 9.78 Å². The van der Waals surface area contributed by atoms with Crippen molar-refractivity contribution >= 4 is 17.5 Å². The van der Waals surface area contributed by atoms with Crippen molar-refractivity contribution in [2.24, 2.45) is 0 Å². The van der Waals surface area contributed by atoms with Crippen molar-refractivity contribution in [1.29, 1.82) is 0 Å². The van der Waals surface area contributed by atoms with Crippen LogP contribution in [0.3, 0.4) is 0 Å². The molecule has 1 amide bonds. The SMILES string of the molecule is O=C(CCNCc1cccnc1)NCc1ccccc1Cl. The highest BCUT2D eigenvalue weighted by Gasteiger charge is 2.03. The number of carbonyl (C=O) groups is 1. The van der Waals surface area contributed by atoms with Crippen LogP contribution in [0.15, 0.2) is 48.8 Å². The highest BCUT2D eigenvalue weighted by molar-refractivity contribution is 6.31. The molecule has 0 unspecified atom stereocenters. The van der Waals surface area contributed by atoms with E-state index in [-0.39, 0.29) is 5.91 Å². The second-order valence-corrected chi connectivity index (χ2v) is 5.06. The third-order valence-electron chi connectivity index (χ3n) is 3.01. The number of carbonyl (C=O) groups excluding carboxylic acids is 1. The van der Waals surface area contributed by atoms with Gasteiger partial charge in [-0.15, -0.1) is 0 Å². The highest BCUT2D eigenvalue weighted by atomic mass is 35.5. The summed E-state index contributed by atoms with van der Waals surface area (Å²) >= 11 is 6.03. The fourth-order valence-electron chi connectivity index (χ4n) is 1.86. The Morgan fingerprint density at radius 3 is 2.76 bits per heavy atom. The van der Waals surface area contributed by atoms with Gasteiger partial charge < -0.3 is 10.6 Å². The monoisotopic (exact) mass is 303 g/mol. The number of halogens is 1. The zero-order valence-corrected chi connectivity index (χ0v) is 12.4. The van der Waals surface area contributed by atoms with E-state index in [4.69, 9.17) is 11.6 Å². The van der Waals surface area contributed by atoms with Crippen molar-refractivity contribution in [2.75, 3.05) is 6.54 Å². The Hall–Kier alpha value is -1.91. The van der Waals surface area contributed by atoms with Gasteiger partial charge in [-0.25, -0.2) is 0 Å². The van der Waals surface area contributed by atoms with Crippen LogP contribution < -0.4 is 10.6 Å². The molecule has 0 aliphatic carbocycles. The normalized spacial score (nSPS) is 10.3. The number of hydrogen-bond acceptors (Lipinski definition) is 3. The molecule has 1 heterocycles. The third kappa shape index (κ3) is 5.53. The number of rotatable bonds is 7. The maximum atomic E-state index is 11.7. The van der Waals surface area contributed by atoms with Crippen LogP contribution in [0.5, 0.6) is 0 Å². The van der Waals surface area contributed by atoms with E-state index in [9.17, 15) is 4.79 Å². The van der Waals surface area contributed by atoms with Crippen LogP contribution in [0.1, 0.15) is 17.5 Å². The van der Waals surface area contributed by atoms with Crippen LogP contribution in [0.2, 0.25) is 5.02 Å². The van der Waals surface area contributed by atoms with Gasteiger partial charge in [0.1, 0.15) is 0 Å². The number of nitrogens with zero attached hydrogens (tertiary/aromatic N) is 1. The first-order valence-electron chi connectivity index (χ1n) is 6.85. The Morgan fingerprint density at radius 1 is 1.14 bits per heavy atom. The molecule has 1 aromatic heterocycles. The van der Waals surface area contributed by atoms with Gasteiger partial charge in [-0.2, -0.15) is 0 Å². The molecule has 0 bridgehead atoms. The highest BCUT2D eigenvalue weighted by Crippen LogP contribution is 2.14. The molecule has 21 heavy (non-hydrogen) atoms. The lowest BCUT2D eigenvalue weighted by molar-refractivity contribution is -0.121. The fraction of sp³-hybridized carbons (Fsp3) is 0.250. The van der Waals surface area contributed by atoms with E-state index in [1.807, 2.05) is 42.6 Å². The minimum Gasteiger partial charge on any atom is -0.352 e. The smallest absolute Gasteiger partial charge is 0.221 e. The molecule has 4 nitrogen and oxygen atoms in total. The maximum absolute atomic E-state index is 11.7. The molecule has 0 spiro atoms. The van der Waals surface area contributed by atoms with Crippen LogP contribution in [-0.4, -0.2) is 17.4 Å². The van der Waals surface area contributed by atoms with Crippen molar-refractivity contribution in [2.45, 2.75) is 19.5 Å². The van der Waals surface area contributed by atoms with Gasteiger partial charge in [-0.1, -0.05) is 35.9 Å². The van der Waals surface area contributed by atoms with E-state index >= 15 is 0 Å². The first-order chi connectivity index (χ1) is 10.3. The Morgan fingerprint density at radius 2 is 2.00 bits per heavy atom. The minimum absolute atomic E-state index is 0.00797. The number of amides is 1. The van der Waals surface area contributed by atoms with Crippen LogP contribution in [0, 0.1) is 0 Å². The molecular weight excluding hydrogens is 286 g/mol. The number of aromatic nitrogens is 1. The molecule has 0 fully saturated rings. The number of hydrogen-bond donors (Lipinski definition) is 2. The van der Waals surface area contributed by atoms with Crippen LogP contribution in [0.25, 0.3) is 0 Å². The molecule has 0 aliphatic rings. The summed E-state index contributed by atoms with van der Waals surface area (Å²) in [4.78, 5) is 15.8. The molecule has 1 aromatic carbocycles. The summed E-state index contributed by atoms with van der Waals surface area (Å²) in [5.74, 6) is 0.00797. The first kappa shape index (κ1) is 15.5. The largest absolute Gasteiger partial charge is 0.352 e. The van der Waals surface area contributed by atoms with Crippen molar-refractivity contribution in [3.8, 4) is 0 Å². The first-order valence-corrected chi connectivity index (χ1v) is 7.23. The molecule has 0 saturated carbocycles. The van der Waals surface area contributed by atoms with Crippen LogP contribution in [-0.2, 0) is 17.9 Å². The summed E-state index contributed by atoms with van der Waals surface area (Å²) in [6.07, 6.45) is 3.99. The second kappa shape index (κ2) is 8.39. The van der Waals surface area contributed by atoms with Gasteiger partial charge in [-0.05, 0) is 23.3 Å². The molecule has 2 rings (SSSR count). The fourth-order valence-corrected chi connectivity index (χ4v) is 2.06. The third-order valence-corrected chi connectivity index (χ3v) is 3.38. The van der Waals surface area contributed by atoms with E-state index < -0.39 is 0 Å². The minimum atomic E-state index is 0.00797. The summed E-state index contributed by atoms with van der Waals surface area (Å²) in [5.41, 5.74) is 2.03. The van der Waals surface area contributed by atoms with Crippen molar-refractivity contribution in [1.82, 2.24) is 15.6 Å². The van der Waals surface area contributed by atoms with Crippen molar-refractivity contribution < 1.29 is 4.79 Å². The average molecular weight is 304 g/mol. The summed E-state index contributed by atoms with van der Waals surface area (Å²) in [5, 5.41) is 6.75. The Bertz CT molecular complexity index is 575. The molecule has 0 atom stereocenters. The van der Waals surface area contributed by atoms with Gasteiger partial charge >= 0.3 is 0 Å². The van der Waals surface area contributed by atoms with E-state index in [1.165, 1.54) is 0 Å². The van der Waals surface area contributed by atoms with Gasteiger partial charge in [0.05, 0.1) is 0 Å². The lowest BCUT2D eigenvalue weighted by Gasteiger charge is -2.07. The quantitative estimate of drug-likeness (QED) is 0.773. The average Bonchev–Trinajstić information content (AvgIpc) is 2.52. The van der Waals surface area contributed by atoms with Gasteiger partial charge in [0.25, 0.3) is 0 Å². The number of benzene rings is 1. The predicted octanol–water partition coefficient (Wildman–Crippen LogP) is 2.53. The summed E-state index contributed by atoms with van der Waals surface area (Å²) in [7, 11) is 0. The standard InChI is InChI=1S/C16H18ClN3O/c17-15-6-2-1-5-14(15)12-20-16(21)7-9-19-11-13-4-3-8-18-10-13/h1-6,8,10,19H,7,9,11-12H2,(H,20,21). The summed E-state index contributed by atoms with van der Waals surface area (Å²) in [6.45, 7) is 1.80. The molecule has 2 aromatic rings. The molecule has 0 radical (unpaired) electrons. The Balaban J connectivity index is 1.63. The topological polar surface area (TPSA) is 54.0 Å². The van der Waals surface area contributed by atoms with Gasteiger partial charge in [0.15, 0.2) is 0 Å². The predicted molar refractivity (Wildman–Crippen MR) is 83.9 cm³/mol. The molecule has 110 valence electrons. The summed E-state index contributed by atoms with van der Waals surface area (Å²) < 4.78 is 0. The van der Waals surface area contributed by atoms with E-state index in [2.05, 4.69) is 15.6 Å². The Kier molecular flexibility index (Phi) is 6.19. The molecule has 0 saturated heterocycles.